The summed E-state index contributed by atoms with van der Waals surface area (Å²) in [5, 5.41) is 0.483. The zero-order valence-corrected chi connectivity index (χ0v) is 19.9. The van der Waals surface area contributed by atoms with Crippen LogP contribution >= 0.6 is 0 Å². The SMILES string of the molecule is Cc1cccc(C(=O)N2CCN(C(=O)[C@H](NC(=O)c3ccco3)S(=O)(=O)c3ccccc3)CC2)c1. The molecule has 0 saturated carbocycles. The number of sulfone groups is 1. The van der Waals surface area contributed by atoms with Crippen LogP contribution in [0, 0.1) is 6.92 Å². The van der Waals surface area contributed by atoms with E-state index in [1.54, 1.807) is 35.2 Å². The number of nitrogens with zero attached hydrogens (tertiary/aromatic N) is 2. The summed E-state index contributed by atoms with van der Waals surface area (Å²) in [6, 6.07) is 17.6. The number of hydrogen-bond donors (Lipinski definition) is 1. The molecule has 1 fully saturated rings. The van der Waals surface area contributed by atoms with Crippen LogP contribution in [-0.4, -0.2) is 67.5 Å². The standard InChI is InChI=1S/C25H25N3O6S/c1-18-7-5-8-19(17-18)24(30)27-12-14-28(15-13-27)25(31)23(26-22(29)21-11-6-16-34-21)35(32,33)20-9-3-2-4-10-20/h2-11,16-17,23H,12-15H2,1H3,(H,26,29)/t23-/m1/s1. The summed E-state index contributed by atoms with van der Waals surface area (Å²) in [4.78, 5) is 41.8. The van der Waals surface area contributed by atoms with E-state index in [9.17, 15) is 22.8 Å². The van der Waals surface area contributed by atoms with Crippen LogP contribution in [0.15, 0.2) is 82.3 Å². The van der Waals surface area contributed by atoms with Gasteiger partial charge < -0.3 is 19.5 Å². The molecule has 2 heterocycles. The third kappa shape index (κ3) is 5.27. The van der Waals surface area contributed by atoms with Gasteiger partial charge >= 0.3 is 0 Å². The molecule has 182 valence electrons. The quantitative estimate of drug-likeness (QED) is 0.560. The van der Waals surface area contributed by atoms with Crippen molar-refractivity contribution in [2.45, 2.75) is 17.2 Å². The van der Waals surface area contributed by atoms with Crippen molar-refractivity contribution in [1.82, 2.24) is 15.1 Å². The van der Waals surface area contributed by atoms with E-state index in [-0.39, 0.29) is 42.7 Å². The number of carbonyl (C=O) groups is 3. The van der Waals surface area contributed by atoms with E-state index >= 15 is 0 Å². The van der Waals surface area contributed by atoms with E-state index in [2.05, 4.69) is 5.32 Å². The number of rotatable bonds is 6. The molecule has 1 aliphatic heterocycles. The lowest BCUT2D eigenvalue weighted by molar-refractivity contribution is -0.132. The van der Waals surface area contributed by atoms with E-state index < -0.39 is 27.0 Å². The highest BCUT2D eigenvalue weighted by Gasteiger charge is 2.40. The summed E-state index contributed by atoms with van der Waals surface area (Å²) >= 11 is 0. The minimum atomic E-state index is -4.26. The lowest BCUT2D eigenvalue weighted by atomic mass is 10.1. The molecule has 3 aromatic rings. The van der Waals surface area contributed by atoms with Gasteiger partial charge in [-0.05, 0) is 43.3 Å². The Labute approximate surface area is 203 Å². The van der Waals surface area contributed by atoms with E-state index in [1.165, 1.54) is 35.4 Å². The minimum absolute atomic E-state index is 0.0913. The van der Waals surface area contributed by atoms with Gasteiger partial charge in [-0.1, -0.05) is 35.9 Å². The number of aryl methyl sites for hydroxylation is 1. The maximum absolute atomic E-state index is 13.4. The fraction of sp³-hybridized carbons (Fsp3) is 0.240. The summed E-state index contributed by atoms with van der Waals surface area (Å²) in [5.41, 5.74) is 1.52. The van der Waals surface area contributed by atoms with E-state index in [1.807, 2.05) is 19.1 Å². The molecule has 1 aliphatic rings. The summed E-state index contributed by atoms with van der Waals surface area (Å²) in [6.45, 7) is 2.64. The molecule has 10 heteroatoms. The van der Waals surface area contributed by atoms with Gasteiger partial charge in [0.25, 0.3) is 17.7 Å². The molecular formula is C25H25N3O6S. The van der Waals surface area contributed by atoms with Crippen LogP contribution in [0.3, 0.4) is 0 Å². The first kappa shape index (κ1) is 24.2. The summed E-state index contributed by atoms with van der Waals surface area (Å²) < 4.78 is 31.8. The van der Waals surface area contributed by atoms with Crippen molar-refractivity contribution >= 4 is 27.6 Å². The first-order valence-electron chi connectivity index (χ1n) is 11.1. The van der Waals surface area contributed by atoms with Gasteiger partial charge in [0.05, 0.1) is 11.2 Å². The molecule has 0 aliphatic carbocycles. The average molecular weight is 496 g/mol. The molecule has 1 atom stereocenters. The van der Waals surface area contributed by atoms with Crippen LogP contribution in [0.25, 0.3) is 0 Å². The molecule has 1 aromatic heterocycles. The lowest BCUT2D eigenvalue weighted by Crippen LogP contribution is -2.57. The Morgan fingerprint density at radius 2 is 1.57 bits per heavy atom. The highest BCUT2D eigenvalue weighted by atomic mass is 32.2. The number of benzene rings is 2. The second kappa shape index (κ2) is 10.1. The normalized spacial score (nSPS) is 14.9. The largest absolute Gasteiger partial charge is 0.459 e. The number of furan rings is 1. The second-order valence-electron chi connectivity index (χ2n) is 8.18. The molecule has 0 bridgehead atoms. The van der Waals surface area contributed by atoms with Crippen LogP contribution in [0.4, 0.5) is 0 Å². The van der Waals surface area contributed by atoms with E-state index in [0.29, 0.717) is 5.56 Å². The van der Waals surface area contributed by atoms with Crippen LogP contribution < -0.4 is 5.32 Å². The van der Waals surface area contributed by atoms with Gasteiger partial charge in [-0.2, -0.15) is 0 Å². The molecule has 0 radical (unpaired) electrons. The van der Waals surface area contributed by atoms with Crippen LogP contribution in [0.5, 0.6) is 0 Å². The molecule has 0 spiro atoms. The predicted molar refractivity (Wildman–Crippen MR) is 127 cm³/mol. The predicted octanol–water partition coefficient (Wildman–Crippen LogP) is 2.10. The Kier molecular flexibility index (Phi) is 7.02. The van der Waals surface area contributed by atoms with Crippen molar-refractivity contribution in [3.63, 3.8) is 0 Å². The van der Waals surface area contributed by atoms with Crippen LogP contribution in [-0.2, 0) is 14.6 Å². The topological polar surface area (TPSA) is 117 Å². The van der Waals surface area contributed by atoms with Crippen molar-refractivity contribution in [2.75, 3.05) is 26.2 Å². The molecule has 1 N–H and O–H groups in total. The fourth-order valence-corrected chi connectivity index (χ4v) is 5.36. The second-order valence-corrected chi connectivity index (χ2v) is 10.2. The van der Waals surface area contributed by atoms with Crippen molar-refractivity contribution in [2.24, 2.45) is 0 Å². The molecular weight excluding hydrogens is 470 g/mol. The number of amides is 3. The third-order valence-electron chi connectivity index (χ3n) is 5.76. The molecule has 35 heavy (non-hydrogen) atoms. The Morgan fingerprint density at radius 3 is 2.20 bits per heavy atom. The fourth-order valence-electron chi connectivity index (χ4n) is 3.87. The monoisotopic (exact) mass is 495 g/mol. The van der Waals surface area contributed by atoms with E-state index in [4.69, 9.17) is 4.42 Å². The van der Waals surface area contributed by atoms with E-state index in [0.717, 1.165) is 5.56 Å². The lowest BCUT2D eigenvalue weighted by Gasteiger charge is -2.36. The first-order chi connectivity index (χ1) is 16.8. The van der Waals surface area contributed by atoms with Gasteiger partial charge in [0.1, 0.15) is 0 Å². The zero-order valence-electron chi connectivity index (χ0n) is 19.1. The van der Waals surface area contributed by atoms with Gasteiger partial charge in [0.15, 0.2) is 5.76 Å². The number of carbonyl (C=O) groups excluding carboxylic acids is 3. The summed E-state index contributed by atoms with van der Waals surface area (Å²) in [6.07, 6.45) is 1.28. The molecule has 2 aromatic carbocycles. The van der Waals surface area contributed by atoms with Gasteiger partial charge in [-0.25, -0.2) is 8.42 Å². The number of nitrogens with one attached hydrogen (secondary N) is 1. The van der Waals surface area contributed by atoms with Crippen LogP contribution in [0.1, 0.15) is 26.5 Å². The minimum Gasteiger partial charge on any atom is -0.459 e. The Hall–Kier alpha value is -3.92. The molecule has 0 unspecified atom stereocenters. The highest BCUT2D eigenvalue weighted by Crippen LogP contribution is 2.19. The molecule has 9 nitrogen and oxygen atoms in total. The van der Waals surface area contributed by atoms with Crippen molar-refractivity contribution < 1.29 is 27.2 Å². The molecule has 4 rings (SSSR count). The average Bonchev–Trinajstić information content (AvgIpc) is 3.42. The van der Waals surface area contributed by atoms with Gasteiger partial charge in [0.2, 0.25) is 15.2 Å². The van der Waals surface area contributed by atoms with Crippen molar-refractivity contribution in [3.05, 3.63) is 89.9 Å². The first-order valence-corrected chi connectivity index (χ1v) is 12.6. The summed E-state index contributed by atoms with van der Waals surface area (Å²) in [5.74, 6) is -1.85. The van der Waals surface area contributed by atoms with Crippen molar-refractivity contribution in [1.29, 1.82) is 0 Å². The number of hydrogen-bond acceptors (Lipinski definition) is 6. The Bertz CT molecular complexity index is 1310. The van der Waals surface area contributed by atoms with Crippen LogP contribution in [0.2, 0.25) is 0 Å². The maximum Gasteiger partial charge on any atom is 0.288 e. The molecule has 1 saturated heterocycles. The summed E-state index contributed by atoms with van der Waals surface area (Å²) in [7, 11) is -4.26. The van der Waals surface area contributed by atoms with Crippen molar-refractivity contribution in [3.8, 4) is 0 Å². The molecule has 3 amide bonds. The maximum atomic E-state index is 13.4. The Morgan fingerprint density at radius 1 is 0.886 bits per heavy atom. The number of piperazine rings is 1. The zero-order chi connectivity index (χ0) is 25.0. The van der Waals surface area contributed by atoms with Gasteiger partial charge in [-0.3, -0.25) is 14.4 Å². The third-order valence-corrected chi connectivity index (χ3v) is 7.63. The smallest absolute Gasteiger partial charge is 0.288 e. The van der Waals surface area contributed by atoms with Gasteiger partial charge in [-0.15, -0.1) is 0 Å². The Balaban J connectivity index is 1.52. The van der Waals surface area contributed by atoms with Gasteiger partial charge in [0, 0.05) is 31.7 Å². The highest BCUT2D eigenvalue weighted by molar-refractivity contribution is 7.92.